The van der Waals surface area contributed by atoms with Gasteiger partial charge in [0.05, 0.1) is 29.8 Å². The minimum atomic E-state index is -3.90. The smallest absolute Gasteiger partial charge is 0.251 e. The number of carbonyl (C=O) groups is 1. The van der Waals surface area contributed by atoms with Crippen LogP contribution >= 0.6 is 0 Å². The number of sulfonamides is 1. The van der Waals surface area contributed by atoms with Crippen molar-refractivity contribution in [1.29, 1.82) is 0 Å². The van der Waals surface area contributed by atoms with Crippen molar-refractivity contribution in [3.63, 3.8) is 0 Å². The van der Waals surface area contributed by atoms with Crippen LogP contribution in [0.5, 0.6) is 0 Å². The molecule has 0 aliphatic rings. The normalized spacial score (nSPS) is 13.3. The van der Waals surface area contributed by atoms with Crippen LogP contribution in [0.1, 0.15) is 38.8 Å². The van der Waals surface area contributed by atoms with E-state index in [-0.39, 0.29) is 18.0 Å². The van der Waals surface area contributed by atoms with Crippen LogP contribution in [0.4, 0.5) is 0 Å². The van der Waals surface area contributed by atoms with Gasteiger partial charge in [0.2, 0.25) is 10.0 Å². The fourth-order valence-corrected chi connectivity index (χ4v) is 5.65. The summed E-state index contributed by atoms with van der Waals surface area (Å²) in [6.07, 6.45) is 2.17. The third-order valence-electron chi connectivity index (χ3n) is 6.47. The average Bonchev–Trinajstić information content (AvgIpc) is 3.01. The summed E-state index contributed by atoms with van der Waals surface area (Å²) in [6.45, 7) is -0.351. The number of nitrogens with zero attached hydrogens (tertiary/aromatic N) is 3. The number of nitrogens with one attached hydrogen (secondary N) is 1. The van der Waals surface area contributed by atoms with E-state index in [1.165, 1.54) is 4.31 Å². The Hall–Kier alpha value is -4.22. The van der Waals surface area contributed by atoms with Crippen molar-refractivity contribution >= 4 is 22.1 Å². The molecule has 0 radical (unpaired) electrons. The van der Waals surface area contributed by atoms with Gasteiger partial charge in [-0.05, 0) is 53.1 Å². The van der Waals surface area contributed by atoms with E-state index in [2.05, 4.69) is 15.3 Å². The topological polar surface area (TPSA) is 132 Å². The Morgan fingerprint density at radius 1 is 0.951 bits per heavy atom. The van der Waals surface area contributed by atoms with E-state index < -0.39 is 34.7 Å². The van der Waals surface area contributed by atoms with Crippen LogP contribution in [0.25, 0.3) is 0 Å². The van der Waals surface area contributed by atoms with Gasteiger partial charge in [0, 0.05) is 31.6 Å². The number of aliphatic hydroxyl groups excluding tert-OH is 2. The van der Waals surface area contributed by atoms with E-state index in [9.17, 15) is 23.4 Å². The van der Waals surface area contributed by atoms with Crippen molar-refractivity contribution in [1.82, 2.24) is 14.6 Å². The van der Waals surface area contributed by atoms with Gasteiger partial charge in [0.25, 0.3) is 5.91 Å². The molecule has 212 valence electrons. The van der Waals surface area contributed by atoms with Crippen molar-refractivity contribution in [3.05, 3.63) is 131 Å². The number of hydrogen-bond acceptors (Lipinski definition) is 7. The first-order valence-corrected chi connectivity index (χ1v) is 14.4. The summed E-state index contributed by atoms with van der Waals surface area (Å²) in [5.41, 5.74) is 2.92. The molecule has 0 spiro atoms. The molecule has 0 aliphatic heterocycles. The predicted octanol–water partition coefficient (Wildman–Crippen LogP) is 3.35. The highest BCUT2D eigenvalue weighted by Gasteiger charge is 2.26. The number of aliphatic hydroxyl groups is 2. The van der Waals surface area contributed by atoms with Gasteiger partial charge in [-0.25, -0.2) is 8.42 Å². The average molecular weight is 573 g/mol. The molecule has 0 fully saturated rings. The highest BCUT2D eigenvalue weighted by molar-refractivity contribution is 7.89. The summed E-state index contributed by atoms with van der Waals surface area (Å²) in [5, 5.41) is 23.1. The SMILES string of the molecule is CN=Cc1ccc(S(=O)(=O)N(Cc2ccc(C(=O)NC(CO)C(O)c3ccccc3)cc2)Cc2ccccn2)cc1. The van der Waals surface area contributed by atoms with Crippen molar-refractivity contribution in [2.75, 3.05) is 13.7 Å². The molecule has 4 rings (SSSR count). The Labute approximate surface area is 239 Å². The zero-order valence-electron chi connectivity index (χ0n) is 22.5. The highest BCUT2D eigenvalue weighted by atomic mass is 32.2. The number of hydrogen-bond donors (Lipinski definition) is 3. The fraction of sp³-hybridized carbons (Fsp3) is 0.194. The van der Waals surface area contributed by atoms with Crippen LogP contribution in [0.15, 0.2) is 113 Å². The van der Waals surface area contributed by atoms with Gasteiger partial charge in [-0.2, -0.15) is 4.31 Å². The molecule has 4 aromatic rings. The standard InChI is InChI=1S/C31H32N4O5S/c1-32-19-23-12-16-28(17-13-23)41(39,40)35(21-27-9-5-6-18-33-27)20-24-10-14-26(15-11-24)31(38)34-29(22-36)30(37)25-7-3-2-4-8-25/h2-19,29-30,36-37H,20-22H2,1H3,(H,34,38). The quantitative estimate of drug-likeness (QED) is 0.223. The van der Waals surface area contributed by atoms with Crippen LogP contribution < -0.4 is 5.32 Å². The number of rotatable bonds is 12. The van der Waals surface area contributed by atoms with Gasteiger partial charge in [0.1, 0.15) is 6.10 Å². The van der Waals surface area contributed by atoms with Crippen molar-refractivity contribution in [2.45, 2.75) is 30.1 Å². The Balaban J connectivity index is 1.52. The maximum absolute atomic E-state index is 13.7. The summed E-state index contributed by atoms with van der Waals surface area (Å²) in [7, 11) is -2.25. The Bertz CT molecular complexity index is 1550. The lowest BCUT2D eigenvalue weighted by Gasteiger charge is -2.23. The highest BCUT2D eigenvalue weighted by Crippen LogP contribution is 2.22. The molecular formula is C31H32N4O5S. The number of amides is 1. The van der Waals surface area contributed by atoms with Gasteiger partial charge >= 0.3 is 0 Å². The summed E-state index contributed by atoms with van der Waals surface area (Å²) in [4.78, 5) is 21.3. The molecule has 2 unspecified atom stereocenters. The second kappa shape index (κ2) is 13.9. The van der Waals surface area contributed by atoms with E-state index in [4.69, 9.17) is 0 Å². The molecule has 1 heterocycles. The predicted molar refractivity (Wildman–Crippen MR) is 157 cm³/mol. The minimum Gasteiger partial charge on any atom is -0.394 e. The largest absolute Gasteiger partial charge is 0.394 e. The summed E-state index contributed by atoms with van der Waals surface area (Å²) >= 11 is 0. The maximum atomic E-state index is 13.7. The summed E-state index contributed by atoms with van der Waals surface area (Å²) in [6, 6.07) is 26.2. The lowest BCUT2D eigenvalue weighted by molar-refractivity contribution is 0.0703. The zero-order valence-corrected chi connectivity index (χ0v) is 23.4. The van der Waals surface area contributed by atoms with E-state index in [1.807, 2.05) is 6.07 Å². The lowest BCUT2D eigenvalue weighted by atomic mass is 10.0. The Morgan fingerprint density at radius 3 is 2.24 bits per heavy atom. The van der Waals surface area contributed by atoms with Gasteiger partial charge in [-0.15, -0.1) is 0 Å². The molecule has 0 aliphatic carbocycles. The molecule has 1 aromatic heterocycles. The van der Waals surface area contributed by atoms with Crippen LogP contribution in [0, 0.1) is 0 Å². The van der Waals surface area contributed by atoms with Crippen LogP contribution in [-0.4, -0.2) is 59.7 Å². The number of pyridine rings is 1. The lowest BCUT2D eigenvalue weighted by Crippen LogP contribution is -2.42. The molecule has 3 N–H and O–H groups in total. The fourth-order valence-electron chi connectivity index (χ4n) is 4.25. The number of benzene rings is 3. The van der Waals surface area contributed by atoms with E-state index in [1.54, 1.807) is 110 Å². The molecular weight excluding hydrogens is 540 g/mol. The minimum absolute atomic E-state index is 0.0466. The van der Waals surface area contributed by atoms with Crippen LogP contribution in [0.3, 0.4) is 0 Å². The van der Waals surface area contributed by atoms with Crippen LogP contribution in [-0.2, 0) is 23.1 Å². The van der Waals surface area contributed by atoms with Gasteiger partial charge in [0.15, 0.2) is 0 Å². The summed E-state index contributed by atoms with van der Waals surface area (Å²) < 4.78 is 28.7. The van der Waals surface area contributed by atoms with Crippen molar-refractivity contribution < 1.29 is 23.4 Å². The molecule has 2 atom stereocenters. The third-order valence-corrected chi connectivity index (χ3v) is 8.28. The Kier molecular flexibility index (Phi) is 10.1. The number of aromatic nitrogens is 1. The molecule has 1 amide bonds. The molecule has 0 saturated carbocycles. The monoisotopic (exact) mass is 572 g/mol. The molecule has 0 saturated heterocycles. The Morgan fingerprint density at radius 2 is 1.63 bits per heavy atom. The summed E-state index contributed by atoms with van der Waals surface area (Å²) in [5.74, 6) is -0.473. The molecule has 41 heavy (non-hydrogen) atoms. The zero-order chi connectivity index (χ0) is 29.2. The van der Waals surface area contributed by atoms with Crippen molar-refractivity contribution in [3.8, 4) is 0 Å². The van der Waals surface area contributed by atoms with Crippen molar-refractivity contribution in [2.24, 2.45) is 4.99 Å². The molecule has 9 nitrogen and oxygen atoms in total. The third kappa shape index (κ3) is 7.71. The molecule has 0 bridgehead atoms. The number of carbonyl (C=O) groups excluding carboxylic acids is 1. The number of aliphatic imine (C=N–C) groups is 1. The van der Waals surface area contributed by atoms with Gasteiger partial charge in [-0.3, -0.25) is 14.8 Å². The first-order valence-electron chi connectivity index (χ1n) is 13.0. The molecule has 10 heteroatoms. The second-order valence-electron chi connectivity index (χ2n) is 9.37. The first kappa shape index (κ1) is 29.8. The van der Waals surface area contributed by atoms with Crippen LogP contribution in [0.2, 0.25) is 0 Å². The maximum Gasteiger partial charge on any atom is 0.251 e. The van der Waals surface area contributed by atoms with E-state index >= 15 is 0 Å². The second-order valence-corrected chi connectivity index (χ2v) is 11.3. The van der Waals surface area contributed by atoms with E-state index in [0.29, 0.717) is 22.4 Å². The van der Waals surface area contributed by atoms with Gasteiger partial charge < -0.3 is 15.5 Å². The van der Waals surface area contributed by atoms with E-state index in [0.717, 1.165) is 5.56 Å². The molecule has 3 aromatic carbocycles. The first-order chi connectivity index (χ1) is 19.8. The van der Waals surface area contributed by atoms with Gasteiger partial charge in [-0.1, -0.05) is 60.7 Å².